The lowest BCUT2D eigenvalue weighted by molar-refractivity contribution is 0.253. The third-order valence-corrected chi connectivity index (χ3v) is 8.43. The summed E-state index contributed by atoms with van der Waals surface area (Å²) in [5.74, 6) is 1.66. The summed E-state index contributed by atoms with van der Waals surface area (Å²) in [5.41, 5.74) is 5.46. The van der Waals surface area contributed by atoms with Gasteiger partial charge in [-0.1, -0.05) is 128 Å². The molecule has 0 spiro atoms. The standard InChI is InChI=1S/C30H46/c1-6-10-16-24(8-3)22-30(23-25(9-4)17-11-7-2)27-19-13-12-18-26(27)29(5)21-15-14-20-28(29)30/h12-15,18-20,24-25H,6-11,16-17,21-23H2,1-5H3. The van der Waals surface area contributed by atoms with Gasteiger partial charge >= 0.3 is 0 Å². The lowest BCUT2D eigenvalue weighted by Gasteiger charge is -2.42. The second-order valence-electron chi connectivity index (χ2n) is 10.4. The van der Waals surface area contributed by atoms with Crippen molar-refractivity contribution >= 4 is 0 Å². The average Bonchev–Trinajstić information content (AvgIpc) is 2.99. The average molecular weight is 407 g/mol. The summed E-state index contributed by atoms with van der Waals surface area (Å²) in [5, 5.41) is 0. The molecule has 0 heterocycles. The van der Waals surface area contributed by atoms with E-state index in [9.17, 15) is 0 Å². The van der Waals surface area contributed by atoms with E-state index in [1.807, 2.05) is 0 Å². The van der Waals surface area contributed by atoms with Crippen LogP contribution in [-0.2, 0) is 10.8 Å². The summed E-state index contributed by atoms with van der Waals surface area (Å²) < 4.78 is 0. The summed E-state index contributed by atoms with van der Waals surface area (Å²) in [7, 11) is 0. The molecule has 0 heteroatoms. The molecule has 3 rings (SSSR count). The van der Waals surface area contributed by atoms with Crippen LogP contribution in [0.5, 0.6) is 0 Å². The quantitative estimate of drug-likeness (QED) is 0.324. The molecule has 0 fully saturated rings. The Kier molecular flexibility index (Phi) is 8.05. The number of allylic oxidation sites excluding steroid dienone is 4. The fraction of sp³-hybridized carbons (Fsp3) is 0.667. The van der Waals surface area contributed by atoms with E-state index < -0.39 is 0 Å². The number of hydrogen-bond donors (Lipinski definition) is 0. The predicted molar refractivity (Wildman–Crippen MR) is 133 cm³/mol. The van der Waals surface area contributed by atoms with Gasteiger partial charge in [0.05, 0.1) is 0 Å². The van der Waals surface area contributed by atoms with Crippen LogP contribution in [0.3, 0.4) is 0 Å². The number of rotatable bonds is 12. The van der Waals surface area contributed by atoms with Crippen molar-refractivity contribution in [3.05, 3.63) is 59.2 Å². The highest BCUT2D eigenvalue weighted by molar-refractivity contribution is 5.61. The molecule has 0 aromatic heterocycles. The van der Waals surface area contributed by atoms with Crippen LogP contribution < -0.4 is 0 Å². The molecular weight excluding hydrogens is 360 g/mol. The van der Waals surface area contributed by atoms with Gasteiger partial charge in [-0.05, 0) is 47.8 Å². The second kappa shape index (κ2) is 10.3. The van der Waals surface area contributed by atoms with Gasteiger partial charge in [0.25, 0.3) is 0 Å². The van der Waals surface area contributed by atoms with Crippen LogP contribution in [0.2, 0.25) is 0 Å². The summed E-state index contributed by atoms with van der Waals surface area (Å²) in [4.78, 5) is 0. The molecule has 0 nitrogen and oxygen atoms in total. The topological polar surface area (TPSA) is 0 Å². The van der Waals surface area contributed by atoms with E-state index in [4.69, 9.17) is 0 Å². The summed E-state index contributed by atoms with van der Waals surface area (Å²) in [6.45, 7) is 12.1. The van der Waals surface area contributed by atoms with E-state index in [2.05, 4.69) is 77.1 Å². The maximum absolute atomic E-state index is 2.53. The second-order valence-corrected chi connectivity index (χ2v) is 10.4. The van der Waals surface area contributed by atoms with Gasteiger partial charge in [0.2, 0.25) is 0 Å². The molecule has 2 aliphatic carbocycles. The van der Waals surface area contributed by atoms with Crippen molar-refractivity contribution in [1.82, 2.24) is 0 Å². The van der Waals surface area contributed by atoms with Crippen LogP contribution in [-0.4, -0.2) is 0 Å². The summed E-state index contributed by atoms with van der Waals surface area (Å²) >= 11 is 0. The minimum Gasteiger partial charge on any atom is -0.0833 e. The lowest BCUT2D eigenvalue weighted by Crippen LogP contribution is -2.35. The van der Waals surface area contributed by atoms with Crippen LogP contribution in [0.25, 0.3) is 0 Å². The fourth-order valence-electron chi connectivity index (χ4n) is 6.63. The van der Waals surface area contributed by atoms with Crippen LogP contribution in [0.15, 0.2) is 48.1 Å². The van der Waals surface area contributed by atoms with Crippen LogP contribution in [0, 0.1) is 11.8 Å². The zero-order chi connectivity index (χ0) is 21.6. The van der Waals surface area contributed by atoms with Crippen LogP contribution in [0.1, 0.15) is 116 Å². The normalized spacial score (nSPS) is 26.8. The minimum absolute atomic E-state index is 0.192. The molecule has 3 atom stereocenters. The van der Waals surface area contributed by atoms with Crippen molar-refractivity contribution in [1.29, 1.82) is 0 Å². The first-order chi connectivity index (χ1) is 14.6. The zero-order valence-corrected chi connectivity index (χ0v) is 20.5. The zero-order valence-electron chi connectivity index (χ0n) is 20.5. The molecule has 3 unspecified atom stereocenters. The Morgan fingerprint density at radius 3 is 1.93 bits per heavy atom. The monoisotopic (exact) mass is 406 g/mol. The first-order valence-electron chi connectivity index (χ1n) is 13.0. The Labute approximate surface area is 187 Å². The van der Waals surface area contributed by atoms with Crippen molar-refractivity contribution in [2.45, 2.75) is 116 Å². The highest BCUT2D eigenvalue weighted by Crippen LogP contribution is 2.61. The Hall–Kier alpha value is -1.30. The molecule has 0 radical (unpaired) electrons. The van der Waals surface area contributed by atoms with Crippen LogP contribution in [0.4, 0.5) is 0 Å². The molecule has 1 aromatic carbocycles. The third-order valence-electron chi connectivity index (χ3n) is 8.43. The summed E-state index contributed by atoms with van der Waals surface area (Å²) in [6, 6.07) is 9.53. The van der Waals surface area contributed by atoms with Crippen molar-refractivity contribution in [3.8, 4) is 0 Å². The van der Waals surface area contributed by atoms with Gasteiger partial charge in [-0.15, -0.1) is 0 Å². The smallest absolute Gasteiger partial charge is 0.0183 e. The highest BCUT2D eigenvalue weighted by Gasteiger charge is 2.54. The number of fused-ring (bicyclic) bond motifs is 3. The van der Waals surface area contributed by atoms with Gasteiger partial charge in [-0.2, -0.15) is 0 Å². The van der Waals surface area contributed by atoms with Crippen LogP contribution >= 0.6 is 0 Å². The van der Waals surface area contributed by atoms with Gasteiger partial charge in [-0.25, -0.2) is 0 Å². The predicted octanol–water partition coefficient (Wildman–Crippen LogP) is 9.30. The molecule has 0 saturated heterocycles. The molecule has 2 aliphatic rings. The SMILES string of the molecule is CCCCC(CC)CC1(CC(CC)CCCC)C2=CC=CCC2(C)c2ccccc21. The summed E-state index contributed by atoms with van der Waals surface area (Å²) in [6.07, 6.45) is 21.9. The van der Waals surface area contributed by atoms with E-state index in [1.54, 1.807) is 16.7 Å². The van der Waals surface area contributed by atoms with Crippen molar-refractivity contribution in [2.75, 3.05) is 0 Å². The molecule has 30 heavy (non-hydrogen) atoms. The van der Waals surface area contributed by atoms with Gasteiger partial charge < -0.3 is 0 Å². The largest absolute Gasteiger partial charge is 0.0833 e. The molecular formula is C30H46. The molecule has 0 bridgehead atoms. The van der Waals surface area contributed by atoms with Crippen molar-refractivity contribution in [3.63, 3.8) is 0 Å². The van der Waals surface area contributed by atoms with Gasteiger partial charge in [0.15, 0.2) is 0 Å². The van der Waals surface area contributed by atoms with E-state index in [1.165, 1.54) is 64.2 Å². The molecule has 1 aromatic rings. The molecule has 0 saturated carbocycles. The maximum Gasteiger partial charge on any atom is 0.0183 e. The molecule has 0 N–H and O–H groups in total. The minimum atomic E-state index is 0.192. The number of unbranched alkanes of at least 4 members (excludes halogenated alkanes) is 2. The fourth-order valence-corrected chi connectivity index (χ4v) is 6.63. The highest BCUT2D eigenvalue weighted by atomic mass is 14.6. The Morgan fingerprint density at radius 2 is 1.40 bits per heavy atom. The van der Waals surface area contributed by atoms with Gasteiger partial charge in [-0.3, -0.25) is 0 Å². The lowest BCUT2D eigenvalue weighted by atomic mass is 9.61. The Balaban J connectivity index is 2.10. The number of hydrogen-bond acceptors (Lipinski definition) is 0. The molecule has 0 aliphatic heterocycles. The Bertz CT molecular complexity index is 718. The number of benzene rings is 1. The van der Waals surface area contributed by atoms with Gasteiger partial charge in [0.1, 0.15) is 0 Å². The first kappa shape index (κ1) is 23.4. The molecule has 166 valence electrons. The van der Waals surface area contributed by atoms with Crippen molar-refractivity contribution in [2.24, 2.45) is 11.8 Å². The maximum atomic E-state index is 2.53. The van der Waals surface area contributed by atoms with E-state index >= 15 is 0 Å². The first-order valence-corrected chi connectivity index (χ1v) is 13.0. The van der Waals surface area contributed by atoms with E-state index in [-0.39, 0.29) is 10.8 Å². The third kappa shape index (κ3) is 4.35. The van der Waals surface area contributed by atoms with E-state index in [0.717, 1.165) is 18.3 Å². The van der Waals surface area contributed by atoms with E-state index in [0.29, 0.717) is 0 Å². The van der Waals surface area contributed by atoms with Gasteiger partial charge in [0, 0.05) is 10.8 Å². The Morgan fingerprint density at radius 1 is 0.833 bits per heavy atom. The molecule has 0 amide bonds. The van der Waals surface area contributed by atoms with Crippen molar-refractivity contribution < 1.29 is 0 Å².